The van der Waals surface area contributed by atoms with Crippen LogP contribution in [0.3, 0.4) is 0 Å². The molecule has 0 aromatic carbocycles. The molecule has 0 bridgehead atoms. The van der Waals surface area contributed by atoms with Crippen molar-refractivity contribution in [1.82, 2.24) is 9.55 Å². The van der Waals surface area contributed by atoms with Crippen molar-refractivity contribution in [2.75, 3.05) is 0 Å². The highest BCUT2D eigenvalue weighted by molar-refractivity contribution is 4.81. The van der Waals surface area contributed by atoms with E-state index in [-0.39, 0.29) is 0 Å². The summed E-state index contributed by atoms with van der Waals surface area (Å²) in [4.78, 5) is 4.07. The SMILES string of the molecule is CCCCCCCCC=CCCCCCCCCCn1ccnc1. The standard InChI is InChI=1S/C22H40N2/c1-2-3-4-5-6-7-8-9-10-11-12-13-14-15-16-17-18-20-24-21-19-23-22-24/h9-10,19,21-22H,2-8,11-18,20H2,1H3. The quantitative estimate of drug-likeness (QED) is 0.216. The van der Waals surface area contributed by atoms with Gasteiger partial charge < -0.3 is 4.57 Å². The van der Waals surface area contributed by atoms with E-state index in [0.717, 1.165) is 6.54 Å². The Balaban J connectivity index is 1.72. The minimum absolute atomic E-state index is 1.13. The van der Waals surface area contributed by atoms with Crippen LogP contribution in [0.25, 0.3) is 0 Å². The van der Waals surface area contributed by atoms with Crippen molar-refractivity contribution in [2.24, 2.45) is 0 Å². The average Bonchev–Trinajstić information content (AvgIpc) is 3.11. The fourth-order valence-electron chi connectivity index (χ4n) is 3.14. The maximum atomic E-state index is 4.07. The molecular formula is C22H40N2. The minimum atomic E-state index is 1.13. The Morgan fingerprint density at radius 2 is 1.25 bits per heavy atom. The number of hydrogen-bond acceptors (Lipinski definition) is 1. The number of allylic oxidation sites excluding steroid dienone is 2. The van der Waals surface area contributed by atoms with Crippen molar-refractivity contribution in [3.63, 3.8) is 0 Å². The molecule has 1 rings (SSSR count). The maximum absolute atomic E-state index is 4.07. The average molecular weight is 333 g/mol. The van der Waals surface area contributed by atoms with Crippen LogP contribution >= 0.6 is 0 Å². The van der Waals surface area contributed by atoms with Crippen LogP contribution in [-0.2, 0) is 6.54 Å². The maximum Gasteiger partial charge on any atom is 0.0945 e. The lowest BCUT2D eigenvalue weighted by molar-refractivity contribution is 0.546. The van der Waals surface area contributed by atoms with E-state index in [1.807, 2.05) is 12.5 Å². The highest BCUT2D eigenvalue weighted by atomic mass is 15.0. The molecule has 24 heavy (non-hydrogen) atoms. The lowest BCUT2D eigenvalue weighted by atomic mass is 10.1. The van der Waals surface area contributed by atoms with Crippen molar-refractivity contribution in [3.05, 3.63) is 30.9 Å². The fraction of sp³-hybridized carbons (Fsp3) is 0.773. The van der Waals surface area contributed by atoms with Crippen LogP contribution in [0, 0.1) is 0 Å². The van der Waals surface area contributed by atoms with E-state index in [2.05, 4.69) is 34.8 Å². The molecular weight excluding hydrogens is 292 g/mol. The third-order valence-corrected chi connectivity index (χ3v) is 4.74. The fourth-order valence-corrected chi connectivity index (χ4v) is 3.14. The van der Waals surface area contributed by atoms with Crippen LogP contribution in [-0.4, -0.2) is 9.55 Å². The molecule has 0 unspecified atom stereocenters. The Morgan fingerprint density at radius 3 is 1.79 bits per heavy atom. The highest BCUT2D eigenvalue weighted by Gasteiger charge is 1.93. The van der Waals surface area contributed by atoms with Crippen LogP contribution < -0.4 is 0 Å². The van der Waals surface area contributed by atoms with Gasteiger partial charge in [-0.15, -0.1) is 0 Å². The topological polar surface area (TPSA) is 17.8 Å². The molecule has 1 heterocycles. The number of aromatic nitrogens is 2. The van der Waals surface area contributed by atoms with E-state index >= 15 is 0 Å². The molecule has 0 atom stereocenters. The summed E-state index contributed by atoms with van der Waals surface area (Å²) in [6.07, 6.45) is 31.3. The molecule has 0 radical (unpaired) electrons. The van der Waals surface area contributed by atoms with Gasteiger partial charge >= 0.3 is 0 Å². The van der Waals surface area contributed by atoms with Gasteiger partial charge in [0.15, 0.2) is 0 Å². The van der Waals surface area contributed by atoms with Crippen LogP contribution in [0.2, 0.25) is 0 Å². The summed E-state index contributed by atoms with van der Waals surface area (Å²) in [6, 6.07) is 0. The second-order valence-corrected chi connectivity index (χ2v) is 7.09. The van der Waals surface area contributed by atoms with Gasteiger partial charge in [-0.05, 0) is 32.1 Å². The summed E-state index contributed by atoms with van der Waals surface area (Å²) in [6.45, 7) is 3.41. The molecule has 0 fully saturated rings. The zero-order chi connectivity index (χ0) is 17.1. The molecule has 0 spiro atoms. The molecule has 0 saturated carbocycles. The van der Waals surface area contributed by atoms with Crippen LogP contribution in [0.1, 0.15) is 103 Å². The number of nitrogens with zero attached hydrogens (tertiary/aromatic N) is 2. The van der Waals surface area contributed by atoms with E-state index in [4.69, 9.17) is 0 Å². The third-order valence-electron chi connectivity index (χ3n) is 4.74. The van der Waals surface area contributed by atoms with Gasteiger partial charge in [0.25, 0.3) is 0 Å². The summed E-state index contributed by atoms with van der Waals surface area (Å²) in [5.74, 6) is 0. The number of rotatable bonds is 17. The highest BCUT2D eigenvalue weighted by Crippen LogP contribution is 2.11. The predicted molar refractivity (Wildman–Crippen MR) is 106 cm³/mol. The molecule has 1 aromatic rings. The summed E-state index contributed by atoms with van der Waals surface area (Å²) in [5, 5.41) is 0. The van der Waals surface area contributed by atoms with Crippen molar-refractivity contribution in [3.8, 4) is 0 Å². The van der Waals surface area contributed by atoms with Gasteiger partial charge in [0.2, 0.25) is 0 Å². The van der Waals surface area contributed by atoms with Gasteiger partial charge in [-0.1, -0.05) is 83.3 Å². The van der Waals surface area contributed by atoms with E-state index in [1.54, 1.807) is 0 Å². The monoisotopic (exact) mass is 332 g/mol. The molecule has 0 aliphatic heterocycles. The number of imidazole rings is 1. The lowest BCUT2D eigenvalue weighted by Gasteiger charge is -2.02. The van der Waals surface area contributed by atoms with E-state index in [9.17, 15) is 0 Å². The molecule has 0 aliphatic rings. The van der Waals surface area contributed by atoms with E-state index in [0.29, 0.717) is 0 Å². The Labute approximate surface area is 150 Å². The first-order valence-electron chi connectivity index (χ1n) is 10.5. The largest absolute Gasteiger partial charge is 0.337 e. The first kappa shape index (κ1) is 21.0. The molecule has 2 nitrogen and oxygen atoms in total. The minimum Gasteiger partial charge on any atom is -0.337 e. The Morgan fingerprint density at radius 1 is 0.708 bits per heavy atom. The molecule has 0 amide bonds. The van der Waals surface area contributed by atoms with Gasteiger partial charge in [0.05, 0.1) is 6.33 Å². The van der Waals surface area contributed by atoms with Crippen molar-refractivity contribution >= 4 is 0 Å². The van der Waals surface area contributed by atoms with Gasteiger partial charge in [-0.3, -0.25) is 0 Å². The summed E-state index contributed by atoms with van der Waals surface area (Å²) in [5.41, 5.74) is 0. The second kappa shape index (κ2) is 16.8. The van der Waals surface area contributed by atoms with Gasteiger partial charge in [0.1, 0.15) is 0 Å². The Hall–Kier alpha value is -1.05. The normalized spacial score (nSPS) is 11.5. The zero-order valence-corrected chi connectivity index (χ0v) is 16.1. The number of aryl methyl sites for hydroxylation is 1. The third kappa shape index (κ3) is 13.4. The van der Waals surface area contributed by atoms with Gasteiger partial charge in [0, 0.05) is 18.9 Å². The Bertz CT molecular complexity index is 367. The summed E-state index contributed by atoms with van der Waals surface area (Å²) < 4.78 is 2.18. The summed E-state index contributed by atoms with van der Waals surface area (Å²) >= 11 is 0. The number of unbranched alkanes of at least 4 members (excludes halogenated alkanes) is 13. The van der Waals surface area contributed by atoms with Crippen molar-refractivity contribution in [1.29, 1.82) is 0 Å². The zero-order valence-electron chi connectivity index (χ0n) is 16.1. The summed E-state index contributed by atoms with van der Waals surface area (Å²) in [7, 11) is 0. The lowest BCUT2D eigenvalue weighted by Crippen LogP contribution is -1.93. The molecule has 138 valence electrons. The van der Waals surface area contributed by atoms with Crippen molar-refractivity contribution in [2.45, 2.75) is 110 Å². The molecule has 0 aliphatic carbocycles. The first-order valence-corrected chi connectivity index (χ1v) is 10.5. The van der Waals surface area contributed by atoms with Gasteiger partial charge in [-0.25, -0.2) is 4.98 Å². The predicted octanol–water partition coefficient (Wildman–Crippen LogP) is 7.31. The molecule has 0 saturated heterocycles. The van der Waals surface area contributed by atoms with E-state index < -0.39 is 0 Å². The van der Waals surface area contributed by atoms with Crippen molar-refractivity contribution < 1.29 is 0 Å². The molecule has 1 aromatic heterocycles. The number of hydrogen-bond donors (Lipinski definition) is 0. The second-order valence-electron chi connectivity index (χ2n) is 7.09. The smallest absolute Gasteiger partial charge is 0.0945 e. The van der Waals surface area contributed by atoms with Gasteiger partial charge in [-0.2, -0.15) is 0 Å². The first-order chi connectivity index (χ1) is 11.9. The van der Waals surface area contributed by atoms with Crippen LogP contribution in [0.15, 0.2) is 30.9 Å². The Kier molecular flexibility index (Phi) is 14.7. The van der Waals surface area contributed by atoms with E-state index in [1.165, 1.54) is 96.3 Å². The van der Waals surface area contributed by atoms with Crippen LogP contribution in [0.4, 0.5) is 0 Å². The molecule has 2 heteroatoms. The van der Waals surface area contributed by atoms with Crippen LogP contribution in [0.5, 0.6) is 0 Å². The molecule has 0 N–H and O–H groups in total.